The van der Waals surface area contributed by atoms with Crippen molar-refractivity contribution in [3.63, 3.8) is 0 Å². The average Bonchev–Trinajstić information content (AvgIpc) is 2.01. The largest absolute Gasteiger partial charge is 0.390 e. The van der Waals surface area contributed by atoms with Crippen molar-refractivity contribution in [2.24, 2.45) is 0 Å². The van der Waals surface area contributed by atoms with Gasteiger partial charge in [0.25, 0.3) is 0 Å². The van der Waals surface area contributed by atoms with Gasteiger partial charge in [-0.1, -0.05) is 0 Å². The Hall–Kier alpha value is -0.160. The van der Waals surface area contributed by atoms with Crippen LogP contribution < -0.4 is 0 Å². The van der Waals surface area contributed by atoms with Gasteiger partial charge in [0.2, 0.25) is 0 Å². The zero-order chi connectivity index (χ0) is 9.14. The molecule has 72 valence electrons. The zero-order valence-electron chi connectivity index (χ0n) is 7.43. The first-order valence-electron chi connectivity index (χ1n) is 4.28. The standard InChI is InChI=1S/C8H16O4/c1-3-11-8-7(10)4-6(9)5(2)12-8/h5-10H,3-4H2,1-2H3/t5?,6-,7+,8-/m1/s1. The number of aliphatic hydroxyl groups is 2. The maximum Gasteiger partial charge on any atom is 0.183 e. The van der Waals surface area contributed by atoms with Gasteiger partial charge in [-0.05, 0) is 13.8 Å². The van der Waals surface area contributed by atoms with Crippen LogP contribution in [0.1, 0.15) is 20.3 Å². The molecule has 12 heavy (non-hydrogen) atoms. The number of rotatable bonds is 2. The maximum atomic E-state index is 9.38. The molecule has 0 amide bonds. The minimum absolute atomic E-state index is 0.259. The summed E-state index contributed by atoms with van der Waals surface area (Å²) in [6.45, 7) is 4.11. The molecule has 0 bridgehead atoms. The van der Waals surface area contributed by atoms with Crippen LogP contribution in [0, 0.1) is 0 Å². The van der Waals surface area contributed by atoms with Gasteiger partial charge in [0.1, 0.15) is 6.10 Å². The third-order valence-electron chi connectivity index (χ3n) is 2.02. The molecule has 0 radical (unpaired) electrons. The van der Waals surface area contributed by atoms with Crippen molar-refractivity contribution < 1.29 is 19.7 Å². The zero-order valence-corrected chi connectivity index (χ0v) is 7.43. The van der Waals surface area contributed by atoms with Crippen molar-refractivity contribution in [2.45, 2.75) is 44.9 Å². The summed E-state index contributed by atoms with van der Waals surface area (Å²) in [5, 5.41) is 18.7. The van der Waals surface area contributed by atoms with Crippen LogP contribution in [-0.4, -0.2) is 41.4 Å². The molecule has 0 aromatic heterocycles. The smallest absolute Gasteiger partial charge is 0.183 e. The predicted molar refractivity (Wildman–Crippen MR) is 42.6 cm³/mol. The van der Waals surface area contributed by atoms with E-state index in [0.29, 0.717) is 13.0 Å². The topological polar surface area (TPSA) is 58.9 Å². The van der Waals surface area contributed by atoms with E-state index >= 15 is 0 Å². The Balaban J connectivity index is 2.43. The van der Waals surface area contributed by atoms with Crippen LogP contribution in [0.4, 0.5) is 0 Å². The Morgan fingerprint density at radius 2 is 2.08 bits per heavy atom. The molecule has 1 aliphatic rings. The second-order valence-corrected chi connectivity index (χ2v) is 3.04. The van der Waals surface area contributed by atoms with Gasteiger partial charge in [-0.15, -0.1) is 0 Å². The maximum absolute atomic E-state index is 9.38. The van der Waals surface area contributed by atoms with E-state index in [1.807, 2.05) is 6.92 Å². The first-order chi connectivity index (χ1) is 5.65. The fraction of sp³-hybridized carbons (Fsp3) is 1.00. The molecule has 1 heterocycles. The fourth-order valence-electron chi connectivity index (χ4n) is 1.26. The molecule has 1 aliphatic heterocycles. The Bertz CT molecular complexity index is 139. The van der Waals surface area contributed by atoms with Crippen LogP contribution >= 0.6 is 0 Å². The molecule has 2 N–H and O–H groups in total. The molecule has 0 aromatic carbocycles. The molecule has 0 saturated carbocycles. The third-order valence-corrected chi connectivity index (χ3v) is 2.02. The van der Waals surface area contributed by atoms with Crippen molar-refractivity contribution in [1.29, 1.82) is 0 Å². The van der Waals surface area contributed by atoms with Crippen LogP contribution in [0.5, 0.6) is 0 Å². The average molecular weight is 176 g/mol. The minimum atomic E-state index is -0.712. The lowest BCUT2D eigenvalue weighted by atomic mass is 10.0. The van der Waals surface area contributed by atoms with Crippen LogP contribution in [0.2, 0.25) is 0 Å². The summed E-state index contributed by atoms with van der Waals surface area (Å²) in [6, 6.07) is 0. The van der Waals surface area contributed by atoms with Gasteiger partial charge < -0.3 is 19.7 Å². The molecular formula is C8H16O4. The van der Waals surface area contributed by atoms with Crippen molar-refractivity contribution in [3.05, 3.63) is 0 Å². The SMILES string of the molecule is CCO[C@@H]1OC(C)[C@H](O)C[C@@H]1O. The summed E-state index contributed by atoms with van der Waals surface area (Å²) < 4.78 is 10.4. The fourth-order valence-corrected chi connectivity index (χ4v) is 1.26. The summed E-state index contributed by atoms with van der Waals surface area (Å²) in [6.07, 6.45) is -1.81. The summed E-state index contributed by atoms with van der Waals surface area (Å²) in [5.74, 6) is 0. The van der Waals surface area contributed by atoms with E-state index in [4.69, 9.17) is 9.47 Å². The van der Waals surface area contributed by atoms with E-state index < -0.39 is 18.5 Å². The van der Waals surface area contributed by atoms with Gasteiger partial charge in [-0.25, -0.2) is 0 Å². The Morgan fingerprint density at radius 1 is 1.42 bits per heavy atom. The van der Waals surface area contributed by atoms with E-state index in [2.05, 4.69) is 0 Å². The summed E-state index contributed by atoms with van der Waals surface area (Å²) in [4.78, 5) is 0. The molecule has 1 unspecified atom stereocenters. The Labute approximate surface area is 72.1 Å². The third kappa shape index (κ3) is 2.17. The lowest BCUT2D eigenvalue weighted by Gasteiger charge is -2.35. The van der Waals surface area contributed by atoms with Crippen LogP contribution in [-0.2, 0) is 9.47 Å². The number of hydrogen-bond donors (Lipinski definition) is 2. The van der Waals surface area contributed by atoms with E-state index in [1.165, 1.54) is 0 Å². The Kier molecular flexibility index (Phi) is 3.46. The highest BCUT2D eigenvalue weighted by molar-refractivity contribution is 4.77. The quantitative estimate of drug-likeness (QED) is 0.616. The normalized spacial score (nSPS) is 43.0. The first kappa shape index (κ1) is 9.92. The molecular weight excluding hydrogens is 160 g/mol. The van der Waals surface area contributed by atoms with Gasteiger partial charge in [-0.3, -0.25) is 0 Å². The molecule has 0 aliphatic carbocycles. The molecule has 4 nitrogen and oxygen atoms in total. The van der Waals surface area contributed by atoms with Gasteiger partial charge in [0.05, 0.1) is 12.2 Å². The van der Waals surface area contributed by atoms with Gasteiger partial charge >= 0.3 is 0 Å². The molecule has 0 spiro atoms. The molecule has 4 heteroatoms. The van der Waals surface area contributed by atoms with Crippen molar-refractivity contribution in [3.8, 4) is 0 Å². The number of aliphatic hydroxyl groups excluding tert-OH is 2. The van der Waals surface area contributed by atoms with E-state index in [0.717, 1.165) is 0 Å². The summed E-state index contributed by atoms with van der Waals surface area (Å²) >= 11 is 0. The Morgan fingerprint density at radius 3 is 2.67 bits per heavy atom. The van der Waals surface area contributed by atoms with Crippen molar-refractivity contribution in [1.82, 2.24) is 0 Å². The predicted octanol–water partition coefficient (Wildman–Crippen LogP) is -0.120. The van der Waals surface area contributed by atoms with Crippen molar-refractivity contribution in [2.75, 3.05) is 6.61 Å². The van der Waals surface area contributed by atoms with Crippen LogP contribution in [0.15, 0.2) is 0 Å². The molecule has 1 saturated heterocycles. The van der Waals surface area contributed by atoms with Crippen molar-refractivity contribution >= 4 is 0 Å². The van der Waals surface area contributed by atoms with E-state index in [-0.39, 0.29) is 6.10 Å². The molecule has 1 fully saturated rings. The van der Waals surface area contributed by atoms with Crippen LogP contribution in [0.3, 0.4) is 0 Å². The lowest BCUT2D eigenvalue weighted by Crippen LogP contribution is -2.47. The number of ether oxygens (including phenoxy) is 2. The molecule has 0 aromatic rings. The second kappa shape index (κ2) is 4.18. The second-order valence-electron chi connectivity index (χ2n) is 3.04. The van der Waals surface area contributed by atoms with Gasteiger partial charge in [0, 0.05) is 13.0 Å². The minimum Gasteiger partial charge on any atom is -0.390 e. The summed E-state index contributed by atoms with van der Waals surface area (Å²) in [7, 11) is 0. The number of hydrogen-bond acceptors (Lipinski definition) is 4. The first-order valence-corrected chi connectivity index (χ1v) is 4.28. The monoisotopic (exact) mass is 176 g/mol. The van der Waals surface area contributed by atoms with E-state index in [9.17, 15) is 10.2 Å². The van der Waals surface area contributed by atoms with Gasteiger partial charge in [0.15, 0.2) is 6.29 Å². The van der Waals surface area contributed by atoms with Gasteiger partial charge in [-0.2, -0.15) is 0 Å². The summed E-state index contributed by atoms with van der Waals surface area (Å²) in [5.41, 5.74) is 0. The van der Waals surface area contributed by atoms with E-state index in [1.54, 1.807) is 6.92 Å². The molecule has 1 rings (SSSR count). The van der Waals surface area contributed by atoms with Crippen LogP contribution in [0.25, 0.3) is 0 Å². The highest BCUT2D eigenvalue weighted by Crippen LogP contribution is 2.20. The molecule has 4 atom stereocenters. The highest BCUT2D eigenvalue weighted by Gasteiger charge is 2.33. The lowest BCUT2D eigenvalue weighted by molar-refractivity contribution is -0.259. The highest BCUT2D eigenvalue weighted by atomic mass is 16.7.